The van der Waals surface area contributed by atoms with Crippen molar-refractivity contribution in [2.75, 3.05) is 19.3 Å². The number of likely N-dealkylation sites (tertiary alicyclic amines) is 1. The number of pyridine rings is 1. The van der Waals surface area contributed by atoms with Crippen LogP contribution in [0.4, 0.5) is 0 Å². The van der Waals surface area contributed by atoms with Gasteiger partial charge in [-0.05, 0) is 44.1 Å². The van der Waals surface area contributed by atoms with Crippen LogP contribution in [0.15, 0.2) is 35.7 Å². The SMILES string of the molecule is CSc1ncccc1C(=O)N1CCC[C@H](Cn2ccnc2C)C1. The number of hydrogen-bond donors (Lipinski definition) is 0. The van der Waals surface area contributed by atoms with Crippen LogP contribution in [0.2, 0.25) is 0 Å². The molecule has 0 N–H and O–H groups in total. The number of amides is 1. The van der Waals surface area contributed by atoms with E-state index in [1.165, 1.54) is 11.8 Å². The van der Waals surface area contributed by atoms with Crippen molar-refractivity contribution in [1.82, 2.24) is 19.4 Å². The second-order valence-corrected chi connectivity index (χ2v) is 6.74. The molecule has 0 unspecified atom stereocenters. The maximum absolute atomic E-state index is 12.8. The summed E-state index contributed by atoms with van der Waals surface area (Å²) >= 11 is 1.52. The second-order valence-electron chi connectivity index (χ2n) is 5.95. The first-order chi connectivity index (χ1) is 11.2. The third kappa shape index (κ3) is 3.58. The number of piperidine rings is 1. The molecule has 3 heterocycles. The zero-order valence-electron chi connectivity index (χ0n) is 13.6. The predicted octanol–water partition coefficient (Wildman–Crippen LogP) is 2.86. The number of carbonyl (C=O) groups is 1. The van der Waals surface area contributed by atoms with Gasteiger partial charge in [0.25, 0.3) is 5.91 Å². The lowest BCUT2D eigenvalue weighted by Gasteiger charge is -2.33. The minimum absolute atomic E-state index is 0.106. The molecule has 0 bridgehead atoms. The first-order valence-corrected chi connectivity index (χ1v) is 9.17. The van der Waals surface area contributed by atoms with Crippen LogP contribution >= 0.6 is 11.8 Å². The van der Waals surface area contributed by atoms with Crippen molar-refractivity contribution in [3.63, 3.8) is 0 Å². The lowest BCUT2D eigenvalue weighted by atomic mass is 9.97. The Bertz CT molecular complexity index is 685. The normalized spacial score (nSPS) is 18.2. The molecule has 0 spiro atoms. The molecule has 0 saturated carbocycles. The zero-order valence-corrected chi connectivity index (χ0v) is 14.4. The van der Waals surface area contributed by atoms with E-state index in [-0.39, 0.29) is 5.91 Å². The first-order valence-electron chi connectivity index (χ1n) is 7.95. The quantitative estimate of drug-likeness (QED) is 0.809. The van der Waals surface area contributed by atoms with Crippen LogP contribution < -0.4 is 0 Å². The Morgan fingerprint density at radius 3 is 3.00 bits per heavy atom. The van der Waals surface area contributed by atoms with E-state index in [2.05, 4.69) is 14.5 Å². The average Bonchev–Trinajstić information content (AvgIpc) is 2.99. The van der Waals surface area contributed by atoms with Crippen molar-refractivity contribution >= 4 is 17.7 Å². The van der Waals surface area contributed by atoms with Crippen molar-refractivity contribution in [3.05, 3.63) is 42.1 Å². The van der Waals surface area contributed by atoms with Gasteiger partial charge in [0.1, 0.15) is 10.9 Å². The topological polar surface area (TPSA) is 51.0 Å². The third-order valence-electron chi connectivity index (χ3n) is 4.38. The number of carbonyl (C=O) groups excluding carboxylic acids is 1. The van der Waals surface area contributed by atoms with Gasteiger partial charge in [-0.3, -0.25) is 4.79 Å². The Morgan fingerprint density at radius 1 is 1.39 bits per heavy atom. The monoisotopic (exact) mass is 330 g/mol. The zero-order chi connectivity index (χ0) is 16.2. The molecular weight excluding hydrogens is 308 g/mol. The van der Waals surface area contributed by atoms with E-state index in [0.29, 0.717) is 5.92 Å². The van der Waals surface area contributed by atoms with Gasteiger partial charge in [-0.25, -0.2) is 9.97 Å². The minimum Gasteiger partial charge on any atom is -0.338 e. The fraction of sp³-hybridized carbons (Fsp3) is 0.471. The highest BCUT2D eigenvalue weighted by Gasteiger charge is 2.26. The van der Waals surface area contributed by atoms with E-state index in [9.17, 15) is 4.79 Å². The van der Waals surface area contributed by atoms with Gasteiger partial charge in [0, 0.05) is 38.2 Å². The highest BCUT2D eigenvalue weighted by molar-refractivity contribution is 7.98. The molecule has 0 aliphatic carbocycles. The molecule has 2 aromatic rings. The summed E-state index contributed by atoms with van der Waals surface area (Å²) in [5, 5.41) is 0.810. The predicted molar refractivity (Wildman–Crippen MR) is 91.6 cm³/mol. The van der Waals surface area contributed by atoms with Crippen LogP contribution in [0.5, 0.6) is 0 Å². The number of aryl methyl sites for hydroxylation is 1. The van der Waals surface area contributed by atoms with Crippen LogP contribution in [0, 0.1) is 12.8 Å². The summed E-state index contributed by atoms with van der Waals surface area (Å²) in [4.78, 5) is 23.4. The van der Waals surface area contributed by atoms with Crippen LogP contribution in [0.3, 0.4) is 0 Å². The van der Waals surface area contributed by atoms with Gasteiger partial charge in [-0.15, -0.1) is 11.8 Å². The molecule has 6 heteroatoms. The number of aromatic nitrogens is 3. The van der Waals surface area contributed by atoms with E-state index in [1.54, 1.807) is 6.20 Å². The molecule has 1 aliphatic heterocycles. The molecule has 1 amide bonds. The standard InChI is InChI=1S/C17H22N4OS/c1-13-18-8-10-20(13)11-14-5-4-9-21(12-14)17(22)15-6-3-7-19-16(15)23-2/h3,6-8,10,14H,4-5,9,11-12H2,1-2H3/t14-/m1/s1. The summed E-state index contributed by atoms with van der Waals surface area (Å²) in [6, 6.07) is 3.72. The Morgan fingerprint density at radius 2 is 2.26 bits per heavy atom. The maximum atomic E-state index is 12.8. The summed E-state index contributed by atoms with van der Waals surface area (Å²) in [7, 11) is 0. The van der Waals surface area contributed by atoms with Gasteiger partial charge >= 0.3 is 0 Å². The van der Waals surface area contributed by atoms with E-state index in [0.717, 1.165) is 48.9 Å². The van der Waals surface area contributed by atoms with Crippen LogP contribution in [0.1, 0.15) is 29.0 Å². The van der Waals surface area contributed by atoms with Crippen LogP contribution in [0.25, 0.3) is 0 Å². The third-order valence-corrected chi connectivity index (χ3v) is 5.09. The summed E-state index contributed by atoms with van der Waals surface area (Å²) < 4.78 is 2.18. The minimum atomic E-state index is 0.106. The van der Waals surface area contributed by atoms with Gasteiger partial charge in [0.15, 0.2) is 0 Å². The Balaban J connectivity index is 1.70. The Labute approximate surface area is 141 Å². The maximum Gasteiger partial charge on any atom is 0.256 e. The van der Waals surface area contributed by atoms with Crippen LogP contribution in [-0.2, 0) is 6.54 Å². The molecule has 1 atom stereocenters. The highest BCUT2D eigenvalue weighted by atomic mass is 32.2. The number of imidazole rings is 1. The molecule has 5 nitrogen and oxygen atoms in total. The molecule has 1 saturated heterocycles. The Hall–Kier alpha value is -1.82. The fourth-order valence-corrected chi connectivity index (χ4v) is 3.70. The van der Waals surface area contributed by atoms with Gasteiger partial charge < -0.3 is 9.47 Å². The molecule has 3 rings (SSSR count). The molecule has 2 aromatic heterocycles. The Kier molecular flexibility index (Phi) is 5.00. The summed E-state index contributed by atoms with van der Waals surface area (Å²) in [6.45, 7) is 4.59. The molecule has 122 valence electrons. The fourth-order valence-electron chi connectivity index (χ4n) is 3.16. The highest BCUT2D eigenvalue weighted by Crippen LogP contribution is 2.23. The summed E-state index contributed by atoms with van der Waals surface area (Å²) in [5.41, 5.74) is 0.722. The van der Waals surface area contributed by atoms with E-state index < -0.39 is 0 Å². The van der Waals surface area contributed by atoms with Crippen LogP contribution in [-0.4, -0.2) is 44.7 Å². The lowest BCUT2D eigenvalue weighted by molar-refractivity contribution is 0.0657. The van der Waals surface area contributed by atoms with Gasteiger partial charge in [-0.2, -0.15) is 0 Å². The van der Waals surface area contributed by atoms with Gasteiger partial charge in [0.05, 0.1) is 5.56 Å². The molecule has 0 aromatic carbocycles. The second kappa shape index (κ2) is 7.17. The number of hydrogen-bond acceptors (Lipinski definition) is 4. The lowest BCUT2D eigenvalue weighted by Crippen LogP contribution is -2.41. The number of rotatable bonds is 4. The number of nitrogens with zero attached hydrogens (tertiary/aromatic N) is 4. The van der Waals surface area contributed by atoms with E-state index in [1.807, 2.05) is 42.6 Å². The van der Waals surface area contributed by atoms with E-state index >= 15 is 0 Å². The molecule has 1 aliphatic rings. The van der Waals surface area contributed by atoms with Crippen molar-refractivity contribution < 1.29 is 4.79 Å². The van der Waals surface area contributed by atoms with Gasteiger partial charge in [0.2, 0.25) is 0 Å². The summed E-state index contributed by atoms with van der Waals surface area (Å²) in [6.07, 6.45) is 9.76. The number of thioether (sulfide) groups is 1. The molecule has 1 fully saturated rings. The average molecular weight is 330 g/mol. The van der Waals surface area contributed by atoms with Crippen molar-refractivity contribution in [2.24, 2.45) is 5.92 Å². The van der Waals surface area contributed by atoms with E-state index in [4.69, 9.17) is 0 Å². The molecular formula is C17H22N4OS. The van der Waals surface area contributed by atoms with Crippen molar-refractivity contribution in [1.29, 1.82) is 0 Å². The largest absolute Gasteiger partial charge is 0.338 e. The van der Waals surface area contributed by atoms with Crippen molar-refractivity contribution in [2.45, 2.75) is 31.3 Å². The smallest absolute Gasteiger partial charge is 0.256 e. The summed E-state index contributed by atoms with van der Waals surface area (Å²) in [5.74, 6) is 1.62. The molecule has 23 heavy (non-hydrogen) atoms. The van der Waals surface area contributed by atoms with Crippen molar-refractivity contribution in [3.8, 4) is 0 Å². The van der Waals surface area contributed by atoms with Gasteiger partial charge in [-0.1, -0.05) is 0 Å². The first kappa shape index (κ1) is 16.1. The molecule has 0 radical (unpaired) electrons.